The van der Waals surface area contributed by atoms with Crippen LogP contribution in [0.15, 0.2) is 12.2 Å². The SMILES string of the molecule is CCCCCC(OC(=O)C[N+](C)(C)OC(C)=O)C(O)C/C=C\CCCCCCCC(=O)NCCCCCCCCCCCCNC(=O)C[N+](C)(C)CCOC(C)=O.[Cl-].[Cl-]. The molecule has 0 aromatic heterocycles. The second-order valence-electron chi connectivity index (χ2n) is 16.8. The maximum absolute atomic E-state index is 12.5. The summed E-state index contributed by atoms with van der Waals surface area (Å²) in [4.78, 5) is 64.3. The predicted octanol–water partition coefficient (Wildman–Crippen LogP) is 0.852. The smallest absolute Gasteiger partial charge is 0.366 e. The van der Waals surface area contributed by atoms with Gasteiger partial charge in [0.2, 0.25) is 12.5 Å². The van der Waals surface area contributed by atoms with E-state index in [9.17, 15) is 29.1 Å². The Kier molecular flexibility index (Phi) is 39.7. The summed E-state index contributed by atoms with van der Waals surface area (Å²) in [5.41, 5.74) is 0. The predicted molar refractivity (Wildman–Crippen MR) is 226 cm³/mol. The van der Waals surface area contributed by atoms with Gasteiger partial charge in [0.1, 0.15) is 33.4 Å². The molecule has 3 N–H and O–H groups in total. The van der Waals surface area contributed by atoms with E-state index in [-0.39, 0.29) is 53.8 Å². The fourth-order valence-electron chi connectivity index (χ4n) is 6.57. The zero-order valence-electron chi connectivity index (χ0n) is 38.0. The molecule has 0 heterocycles. The molecule has 0 aliphatic heterocycles. The van der Waals surface area contributed by atoms with Crippen LogP contribution in [0.4, 0.5) is 0 Å². The number of carbonyl (C=O) groups excluding carboxylic acids is 5. The normalized spacial score (nSPS) is 12.5. The Labute approximate surface area is 370 Å². The van der Waals surface area contributed by atoms with Gasteiger partial charge in [0.25, 0.3) is 5.91 Å². The third-order valence-corrected chi connectivity index (χ3v) is 9.83. The quantitative estimate of drug-likeness (QED) is 0.0271. The van der Waals surface area contributed by atoms with Gasteiger partial charge in [-0.2, -0.15) is 0 Å². The van der Waals surface area contributed by atoms with E-state index in [0.717, 1.165) is 90.0 Å². The molecule has 0 bridgehead atoms. The number of halogens is 2. The maximum Gasteiger partial charge on any atom is 0.366 e. The topological polar surface area (TPSA) is 157 Å². The molecule has 2 unspecified atom stereocenters. The van der Waals surface area contributed by atoms with Gasteiger partial charge in [0.05, 0.1) is 20.2 Å². The van der Waals surface area contributed by atoms with Gasteiger partial charge in [-0.25, -0.2) is 9.59 Å². The van der Waals surface area contributed by atoms with Crippen molar-refractivity contribution in [3.05, 3.63) is 12.2 Å². The number of aliphatic hydroxyl groups excluding tert-OH is 1. The number of hydrogen-bond acceptors (Lipinski definition) is 9. The van der Waals surface area contributed by atoms with Crippen LogP contribution in [0.2, 0.25) is 0 Å². The zero-order chi connectivity index (χ0) is 42.8. The van der Waals surface area contributed by atoms with Crippen LogP contribution in [0.5, 0.6) is 0 Å². The van der Waals surface area contributed by atoms with Crippen LogP contribution in [0.1, 0.15) is 162 Å². The summed E-state index contributed by atoms with van der Waals surface area (Å²) in [7, 11) is 7.14. The van der Waals surface area contributed by atoms with E-state index < -0.39 is 24.1 Å². The van der Waals surface area contributed by atoms with Crippen molar-refractivity contribution in [1.82, 2.24) is 10.6 Å². The molecule has 0 saturated heterocycles. The number of nitrogens with zero attached hydrogens (tertiary/aromatic N) is 2. The summed E-state index contributed by atoms with van der Waals surface area (Å²) in [6.45, 7) is 7.44. The fraction of sp³-hybridized carbons (Fsp3) is 0.841. The van der Waals surface area contributed by atoms with Crippen molar-refractivity contribution in [3.8, 4) is 0 Å². The average molecular weight is 884 g/mol. The Hall–Kier alpha value is -2.45. The number of allylic oxidation sites excluding steroid dienone is 1. The minimum absolute atomic E-state index is 0. The van der Waals surface area contributed by atoms with Gasteiger partial charge in [-0.15, -0.1) is 4.65 Å². The number of rotatable bonds is 37. The monoisotopic (exact) mass is 883 g/mol. The van der Waals surface area contributed by atoms with E-state index >= 15 is 0 Å². The van der Waals surface area contributed by atoms with Gasteiger partial charge < -0.3 is 54.5 Å². The average Bonchev–Trinajstić information content (AvgIpc) is 3.10. The van der Waals surface area contributed by atoms with Crippen LogP contribution >= 0.6 is 0 Å². The number of esters is 2. The lowest BCUT2D eigenvalue weighted by Gasteiger charge is -2.28. The van der Waals surface area contributed by atoms with E-state index in [4.69, 9.17) is 14.3 Å². The molecule has 0 aliphatic rings. The number of hydrogen-bond donors (Lipinski definition) is 3. The molecule has 15 heteroatoms. The molecule has 0 radical (unpaired) electrons. The van der Waals surface area contributed by atoms with Crippen LogP contribution in [0.25, 0.3) is 0 Å². The van der Waals surface area contributed by atoms with Crippen molar-refractivity contribution in [3.63, 3.8) is 0 Å². The molecule has 348 valence electrons. The summed E-state index contributed by atoms with van der Waals surface area (Å²) in [5.74, 6) is -1.09. The molecule has 0 aromatic carbocycles. The molecule has 0 saturated carbocycles. The van der Waals surface area contributed by atoms with Crippen molar-refractivity contribution in [2.75, 3.05) is 67.5 Å². The Balaban J connectivity index is -0.0000157. The lowest BCUT2D eigenvalue weighted by atomic mass is 10.0. The number of nitrogens with one attached hydrogen (secondary N) is 2. The third-order valence-electron chi connectivity index (χ3n) is 9.83. The van der Waals surface area contributed by atoms with Gasteiger partial charge in [0.15, 0.2) is 6.54 Å². The summed E-state index contributed by atoms with van der Waals surface area (Å²) < 4.78 is 10.8. The second kappa shape index (κ2) is 38.5. The minimum Gasteiger partial charge on any atom is -1.00 e. The lowest BCUT2D eigenvalue weighted by molar-refractivity contribution is -1.05. The zero-order valence-corrected chi connectivity index (χ0v) is 39.5. The van der Waals surface area contributed by atoms with Gasteiger partial charge >= 0.3 is 17.9 Å². The molecule has 2 atom stereocenters. The Morgan fingerprint density at radius 1 is 0.644 bits per heavy atom. The van der Waals surface area contributed by atoms with Gasteiger partial charge in [-0.1, -0.05) is 103 Å². The summed E-state index contributed by atoms with van der Waals surface area (Å²) in [6.07, 6.45) is 25.0. The summed E-state index contributed by atoms with van der Waals surface area (Å²) in [6, 6.07) is 0. The third kappa shape index (κ3) is 40.7. The van der Waals surface area contributed by atoms with Crippen molar-refractivity contribution in [1.29, 1.82) is 0 Å². The molecule has 13 nitrogen and oxygen atoms in total. The number of unbranched alkanes of at least 4 members (excludes halogenated alkanes) is 16. The Bertz CT molecular complexity index is 1140. The molecule has 0 spiro atoms. The van der Waals surface area contributed by atoms with Crippen molar-refractivity contribution >= 4 is 29.7 Å². The highest BCUT2D eigenvalue weighted by Crippen LogP contribution is 2.16. The molecule has 0 aromatic rings. The first-order chi connectivity index (χ1) is 27.1. The molecule has 0 aliphatic carbocycles. The fourth-order valence-corrected chi connectivity index (χ4v) is 6.57. The Morgan fingerprint density at radius 3 is 1.71 bits per heavy atom. The highest BCUT2D eigenvalue weighted by atomic mass is 35.5. The number of aliphatic hydroxyl groups is 1. The first-order valence-corrected chi connectivity index (χ1v) is 22.1. The van der Waals surface area contributed by atoms with Crippen LogP contribution in [0.3, 0.4) is 0 Å². The maximum atomic E-state index is 12.5. The number of likely N-dealkylation sites (N-methyl/N-ethyl adjacent to an activating group) is 2. The summed E-state index contributed by atoms with van der Waals surface area (Å²) in [5, 5.41) is 16.9. The molecular weight excluding hydrogens is 799 g/mol. The van der Waals surface area contributed by atoms with E-state index in [1.165, 1.54) is 52.4 Å². The second-order valence-corrected chi connectivity index (χ2v) is 16.8. The Morgan fingerprint density at radius 2 is 1.17 bits per heavy atom. The number of hydroxylamine groups is 3. The van der Waals surface area contributed by atoms with Crippen molar-refractivity contribution in [2.24, 2.45) is 0 Å². The van der Waals surface area contributed by atoms with Gasteiger partial charge in [0, 0.05) is 33.4 Å². The number of quaternary nitrogens is 2. The van der Waals surface area contributed by atoms with Crippen molar-refractivity contribution in [2.45, 2.75) is 174 Å². The lowest BCUT2D eigenvalue weighted by Crippen LogP contribution is -3.00. The molecule has 59 heavy (non-hydrogen) atoms. The molecule has 0 fully saturated rings. The van der Waals surface area contributed by atoms with Crippen molar-refractivity contribution < 1.29 is 77.3 Å². The largest absolute Gasteiger partial charge is 1.00 e. The number of ether oxygens (including phenoxy) is 2. The first kappa shape index (κ1) is 60.9. The van der Waals surface area contributed by atoms with E-state index in [1.54, 1.807) is 14.1 Å². The van der Waals surface area contributed by atoms with Crippen LogP contribution in [-0.2, 0) is 38.3 Å². The van der Waals surface area contributed by atoms with E-state index in [0.29, 0.717) is 50.0 Å². The molecular formula is C44H84Cl2N4O9. The number of amides is 2. The molecule has 2 amide bonds. The standard InChI is InChI=1S/C44H82N4O9.2ClH/c1-8-9-24-30-41(56-44(54)37-48(6,7)57-39(3)50)40(51)29-25-20-16-12-13-17-21-26-31-42(52)45-32-27-22-18-14-10-11-15-19-23-28-33-46-43(53)36-47(4,5)34-35-55-38(2)49;;/h20,25,40-41,51H,8-19,21-24,26-37H2,1-7H3;2*1H/b25-20-;;. The van der Waals surface area contributed by atoms with Crippen LogP contribution in [-0.4, -0.2) is 124 Å². The van der Waals surface area contributed by atoms with Gasteiger partial charge in [-0.05, 0) is 51.4 Å². The van der Waals surface area contributed by atoms with E-state index in [1.807, 2.05) is 20.2 Å². The van der Waals surface area contributed by atoms with Crippen LogP contribution < -0.4 is 35.4 Å². The number of carbonyl (C=O) groups is 5. The van der Waals surface area contributed by atoms with E-state index in [2.05, 4.69) is 23.6 Å². The van der Waals surface area contributed by atoms with Gasteiger partial charge in [-0.3, -0.25) is 19.2 Å². The first-order valence-electron chi connectivity index (χ1n) is 22.1. The minimum atomic E-state index is -0.789. The van der Waals surface area contributed by atoms with Crippen LogP contribution in [0, 0.1) is 0 Å². The summed E-state index contributed by atoms with van der Waals surface area (Å²) >= 11 is 0. The highest BCUT2D eigenvalue weighted by Gasteiger charge is 2.29. The molecule has 0 rings (SSSR count). The highest BCUT2D eigenvalue weighted by molar-refractivity contribution is 5.77.